The lowest BCUT2D eigenvalue weighted by atomic mass is 10.0. The Morgan fingerprint density at radius 1 is 1.21 bits per heavy atom. The first-order valence-electron chi connectivity index (χ1n) is 9.18. The van der Waals surface area contributed by atoms with Crippen molar-refractivity contribution in [3.8, 4) is 0 Å². The zero-order valence-corrected chi connectivity index (χ0v) is 16.5. The van der Waals surface area contributed by atoms with Gasteiger partial charge in [0.25, 0.3) is 5.91 Å². The van der Waals surface area contributed by atoms with Gasteiger partial charge in [-0.25, -0.2) is 14.5 Å². The predicted octanol–water partition coefficient (Wildman–Crippen LogP) is 3.09. The molecule has 1 N–H and O–H groups in total. The highest BCUT2D eigenvalue weighted by Crippen LogP contribution is 2.21. The number of carboxylic acid groups (broad SMARTS) is 1. The Bertz CT molecular complexity index is 1010. The van der Waals surface area contributed by atoms with Gasteiger partial charge in [0.15, 0.2) is 5.65 Å². The number of rotatable bonds is 6. The lowest BCUT2D eigenvalue weighted by Gasteiger charge is -2.25. The first-order chi connectivity index (χ1) is 13.3. The molecule has 0 spiro atoms. The highest BCUT2D eigenvalue weighted by Gasteiger charge is 2.29. The fourth-order valence-electron chi connectivity index (χ4n) is 3.22. The third kappa shape index (κ3) is 3.74. The molecule has 28 heavy (non-hydrogen) atoms. The SMILES string of the molecule is Cc1nc2c(cnn2C(C)C)cc1C(=O)N(C)C(Cc1ccccc1)C(=O)O. The third-order valence-corrected chi connectivity index (χ3v) is 4.82. The molecule has 146 valence electrons. The van der Waals surface area contributed by atoms with Crippen molar-refractivity contribution in [1.82, 2.24) is 19.7 Å². The van der Waals surface area contributed by atoms with Crippen molar-refractivity contribution in [2.45, 2.75) is 39.3 Å². The molecular formula is C21H24N4O3. The molecule has 0 fully saturated rings. The summed E-state index contributed by atoms with van der Waals surface area (Å²) in [5.74, 6) is -1.41. The number of carbonyl (C=O) groups excluding carboxylic acids is 1. The summed E-state index contributed by atoms with van der Waals surface area (Å²) in [4.78, 5) is 30.7. The average Bonchev–Trinajstić information content (AvgIpc) is 3.08. The topological polar surface area (TPSA) is 88.3 Å². The quantitative estimate of drug-likeness (QED) is 0.710. The number of carbonyl (C=O) groups is 2. The molecule has 1 unspecified atom stereocenters. The van der Waals surface area contributed by atoms with E-state index in [9.17, 15) is 14.7 Å². The Morgan fingerprint density at radius 2 is 1.89 bits per heavy atom. The molecule has 2 heterocycles. The molecule has 0 saturated carbocycles. The molecule has 3 rings (SSSR count). The minimum atomic E-state index is -1.04. The molecule has 0 saturated heterocycles. The zero-order valence-electron chi connectivity index (χ0n) is 16.5. The summed E-state index contributed by atoms with van der Waals surface area (Å²) in [5, 5.41) is 14.8. The summed E-state index contributed by atoms with van der Waals surface area (Å²) in [6, 6.07) is 10.2. The minimum Gasteiger partial charge on any atom is -0.480 e. The molecule has 0 aliphatic heterocycles. The van der Waals surface area contributed by atoms with Crippen LogP contribution in [0.15, 0.2) is 42.6 Å². The van der Waals surface area contributed by atoms with Crippen molar-refractivity contribution >= 4 is 22.9 Å². The largest absolute Gasteiger partial charge is 0.480 e. The number of aryl methyl sites for hydroxylation is 1. The van der Waals surface area contributed by atoms with Gasteiger partial charge in [-0.1, -0.05) is 30.3 Å². The van der Waals surface area contributed by atoms with Crippen LogP contribution in [-0.4, -0.2) is 49.7 Å². The Balaban J connectivity index is 1.93. The number of fused-ring (bicyclic) bond motifs is 1. The number of nitrogens with zero attached hydrogens (tertiary/aromatic N) is 4. The summed E-state index contributed by atoms with van der Waals surface area (Å²) in [5.41, 5.74) is 2.51. The van der Waals surface area contributed by atoms with Gasteiger partial charge < -0.3 is 10.0 Å². The van der Waals surface area contributed by atoms with Gasteiger partial charge >= 0.3 is 5.97 Å². The van der Waals surface area contributed by atoms with Gasteiger partial charge in [0, 0.05) is 24.9 Å². The van der Waals surface area contributed by atoms with Gasteiger partial charge in [0.05, 0.1) is 17.5 Å². The van der Waals surface area contributed by atoms with Crippen LogP contribution in [0.3, 0.4) is 0 Å². The molecule has 7 nitrogen and oxygen atoms in total. The van der Waals surface area contributed by atoms with Crippen molar-refractivity contribution in [1.29, 1.82) is 0 Å². The van der Waals surface area contributed by atoms with Gasteiger partial charge in [-0.2, -0.15) is 5.10 Å². The van der Waals surface area contributed by atoms with E-state index in [2.05, 4.69) is 10.1 Å². The van der Waals surface area contributed by atoms with Crippen molar-refractivity contribution in [2.75, 3.05) is 7.05 Å². The van der Waals surface area contributed by atoms with Crippen LogP contribution in [0.2, 0.25) is 0 Å². The monoisotopic (exact) mass is 380 g/mol. The summed E-state index contributed by atoms with van der Waals surface area (Å²) in [6.07, 6.45) is 1.91. The number of benzene rings is 1. The predicted molar refractivity (Wildman–Crippen MR) is 106 cm³/mol. The van der Waals surface area contributed by atoms with Gasteiger partial charge in [-0.15, -0.1) is 0 Å². The molecular weight excluding hydrogens is 356 g/mol. The van der Waals surface area contributed by atoms with E-state index in [1.165, 1.54) is 11.9 Å². The highest BCUT2D eigenvalue weighted by molar-refractivity contribution is 5.99. The van der Waals surface area contributed by atoms with E-state index in [1.807, 2.05) is 44.2 Å². The first kappa shape index (κ1) is 19.5. The molecule has 7 heteroatoms. The Labute approximate surface area is 163 Å². The Hall–Kier alpha value is -3.22. The maximum atomic E-state index is 13.1. The molecule has 0 aliphatic carbocycles. The third-order valence-electron chi connectivity index (χ3n) is 4.82. The zero-order chi connectivity index (χ0) is 20.4. The van der Waals surface area contributed by atoms with Crippen LogP contribution in [0.25, 0.3) is 11.0 Å². The van der Waals surface area contributed by atoms with E-state index in [0.717, 1.165) is 10.9 Å². The minimum absolute atomic E-state index is 0.149. The van der Waals surface area contributed by atoms with Gasteiger partial charge in [0.1, 0.15) is 6.04 Å². The smallest absolute Gasteiger partial charge is 0.326 e. The second kappa shape index (κ2) is 7.80. The standard InChI is InChI=1S/C21H24N4O3/c1-13(2)25-19-16(12-22-25)11-17(14(3)23-19)20(26)24(4)18(21(27)28)10-15-8-6-5-7-9-15/h5-9,11-13,18H,10H2,1-4H3,(H,27,28). The van der Waals surface area contributed by atoms with Crippen molar-refractivity contribution in [3.05, 3.63) is 59.4 Å². The molecule has 0 radical (unpaired) electrons. The van der Waals surface area contributed by atoms with Crippen LogP contribution >= 0.6 is 0 Å². The van der Waals surface area contributed by atoms with E-state index in [4.69, 9.17) is 0 Å². The van der Waals surface area contributed by atoms with E-state index >= 15 is 0 Å². The second-order valence-corrected chi connectivity index (χ2v) is 7.18. The maximum absolute atomic E-state index is 13.1. The van der Waals surface area contributed by atoms with E-state index < -0.39 is 12.0 Å². The maximum Gasteiger partial charge on any atom is 0.326 e. The number of pyridine rings is 1. The van der Waals surface area contributed by atoms with Crippen LogP contribution in [0.1, 0.15) is 41.5 Å². The lowest BCUT2D eigenvalue weighted by Crippen LogP contribution is -2.44. The van der Waals surface area contributed by atoms with Gasteiger partial charge in [0.2, 0.25) is 0 Å². The Morgan fingerprint density at radius 3 is 2.50 bits per heavy atom. The molecule has 0 bridgehead atoms. The number of aromatic nitrogens is 3. The average molecular weight is 380 g/mol. The van der Waals surface area contributed by atoms with Crippen LogP contribution < -0.4 is 0 Å². The first-order valence-corrected chi connectivity index (χ1v) is 9.18. The van der Waals surface area contributed by atoms with Crippen molar-refractivity contribution < 1.29 is 14.7 Å². The highest BCUT2D eigenvalue weighted by atomic mass is 16.4. The van der Waals surface area contributed by atoms with E-state index in [-0.39, 0.29) is 18.4 Å². The molecule has 1 atom stereocenters. The normalized spacial score (nSPS) is 12.3. The fourth-order valence-corrected chi connectivity index (χ4v) is 3.22. The molecule has 1 amide bonds. The van der Waals surface area contributed by atoms with E-state index in [0.29, 0.717) is 16.9 Å². The van der Waals surface area contributed by atoms with E-state index in [1.54, 1.807) is 23.9 Å². The van der Waals surface area contributed by atoms with Crippen LogP contribution in [0.5, 0.6) is 0 Å². The van der Waals surface area contributed by atoms with Crippen molar-refractivity contribution in [2.24, 2.45) is 0 Å². The van der Waals surface area contributed by atoms with Gasteiger partial charge in [-0.3, -0.25) is 4.79 Å². The summed E-state index contributed by atoms with van der Waals surface area (Å²) >= 11 is 0. The Kier molecular flexibility index (Phi) is 5.44. The second-order valence-electron chi connectivity index (χ2n) is 7.18. The molecule has 1 aromatic carbocycles. The summed E-state index contributed by atoms with van der Waals surface area (Å²) in [7, 11) is 1.52. The lowest BCUT2D eigenvalue weighted by molar-refractivity contribution is -0.141. The van der Waals surface area contributed by atoms with Crippen LogP contribution in [-0.2, 0) is 11.2 Å². The van der Waals surface area contributed by atoms with Crippen molar-refractivity contribution in [3.63, 3.8) is 0 Å². The number of aliphatic carboxylic acids is 1. The number of carboxylic acids is 1. The molecule has 3 aromatic rings. The fraction of sp³-hybridized carbons (Fsp3) is 0.333. The number of hydrogen-bond acceptors (Lipinski definition) is 4. The summed E-state index contributed by atoms with van der Waals surface area (Å²) < 4.78 is 1.80. The number of amides is 1. The summed E-state index contributed by atoms with van der Waals surface area (Å²) in [6.45, 7) is 5.78. The van der Waals surface area contributed by atoms with Crippen LogP contribution in [0, 0.1) is 6.92 Å². The number of hydrogen-bond donors (Lipinski definition) is 1. The van der Waals surface area contributed by atoms with Crippen LogP contribution in [0.4, 0.5) is 0 Å². The number of likely N-dealkylation sites (N-methyl/N-ethyl adjacent to an activating group) is 1. The molecule has 2 aromatic heterocycles. The molecule has 0 aliphatic rings. The van der Waals surface area contributed by atoms with Gasteiger partial charge in [-0.05, 0) is 32.4 Å².